The van der Waals surface area contributed by atoms with Gasteiger partial charge in [-0.25, -0.2) is 4.98 Å². The van der Waals surface area contributed by atoms with Gasteiger partial charge in [-0.05, 0) is 19.1 Å². The molecule has 1 aromatic rings. The standard InChI is InChI=1S/C9H13ClN2O2/c1-9(11,5-13)6-3-4-7(10)12-8(6)14-2/h3-4,13H,5,11H2,1-2H3. The largest absolute Gasteiger partial charge is 0.481 e. The lowest BCUT2D eigenvalue weighted by molar-refractivity contribution is 0.205. The molecule has 1 unspecified atom stereocenters. The second-order valence-electron chi connectivity index (χ2n) is 3.27. The van der Waals surface area contributed by atoms with Gasteiger partial charge in [0.1, 0.15) is 5.15 Å². The summed E-state index contributed by atoms with van der Waals surface area (Å²) in [5.41, 5.74) is 5.61. The third-order valence-electron chi connectivity index (χ3n) is 1.96. The molecule has 0 aliphatic rings. The maximum atomic E-state index is 9.10. The number of pyridine rings is 1. The number of methoxy groups -OCH3 is 1. The first-order valence-corrected chi connectivity index (χ1v) is 4.50. The van der Waals surface area contributed by atoms with Crippen molar-refractivity contribution in [1.29, 1.82) is 0 Å². The molecule has 0 saturated carbocycles. The molecule has 1 heterocycles. The Balaban J connectivity index is 3.20. The molecule has 3 N–H and O–H groups in total. The molecular weight excluding hydrogens is 204 g/mol. The first-order chi connectivity index (χ1) is 6.51. The molecule has 14 heavy (non-hydrogen) atoms. The van der Waals surface area contributed by atoms with Crippen molar-refractivity contribution in [2.45, 2.75) is 12.5 Å². The molecule has 0 spiro atoms. The average Bonchev–Trinajstić information content (AvgIpc) is 2.17. The van der Waals surface area contributed by atoms with Crippen molar-refractivity contribution in [3.05, 3.63) is 22.8 Å². The van der Waals surface area contributed by atoms with Crippen LogP contribution in [-0.2, 0) is 5.54 Å². The van der Waals surface area contributed by atoms with Crippen LogP contribution < -0.4 is 10.5 Å². The van der Waals surface area contributed by atoms with Crippen LogP contribution in [0.5, 0.6) is 5.88 Å². The van der Waals surface area contributed by atoms with Gasteiger partial charge in [-0.3, -0.25) is 0 Å². The Morgan fingerprint density at radius 2 is 2.29 bits per heavy atom. The van der Waals surface area contributed by atoms with E-state index in [1.54, 1.807) is 19.1 Å². The van der Waals surface area contributed by atoms with Crippen LogP contribution in [-0.4, -0.2) is 23.8 Å². The molecule has 0 aliphatic heterocycles. The molecule has 1 atom stereocenters. The van der Waals surface area contributed by atoms with E-state index in [1.165, 1.54) is 7.11 Å². The van der Waals surface area contributed by atoms with Crippen LogP contribution >= 0.6 is 11.6 Å². The maximum Gasteiger partial charge on any atom is 0.219 e. The number of nitrogens with zero attached hydrogens (tertiary/aromatic N) is 1. The first-order valence-electron chi connectivity index (χ1n) is 4.12. The Hall–Kier alpha value is -0.840. The first kappa shape index (κ1) is 11.2. The van der Waals surface area contributed by atoms with Crippen LogP contribution in [0.15, 0.2) is 12.1 Å². The van der Waals surface area contributed by atoms with E-state index >= 15 is 0 Å². The van der Waals surface area contributed by atoms with E-state index in [2.05, 4.69) is 4.98 Å². The highest BCUT2D eigenvalue weighted by Gasteiger charge is 2.25. The summed E-state index contributed by atoms with van der Waals surface area (Å²) in [7, 11) is 1.48. The quantitative estimate of drug-likeness (QED) is 0.737. The molecule has 0 bridgehead atoms. The van der Waals surface area contributed by atoms with Gasteiger partial charge in [-0.15, -0.1) is 0 Å². The molecule has 0 amide bonds. The number of ether oxygens (including phenoxy) is 1. The summed E-state index contributed by atoms with van der Waals surface area (Å²) in [6.07, 6.45) is 0. The molecule has 1 aromatic heterocycles. The van der Waals surface area contributed by atoms with Crippen molar-refractivity contribution >= 4 is 11.6 Å². The predicted molar refractivity (Wildman–Crippen MR) is 54.4 cm³/mol. The summed E-state index contributed by atoms with van der Waals surface area (Å²) >= 11 is 5.69. The lowest BCUT2D eigenvalue weighted by atomic mass is 9.95. The van der Waals surface area contributed by atoms with E-state index in [0.29, 0.717) is 16.6 Å². The molecule has 5 heteroatoms. The van der Waals surface area contributed by atoms with E-state index in [0.717, 1.165) is 0 Å². The van der Waals surface area contributed by atoms with Crippen LogP contribution in [0.25, 0.3) is 0 Å². The Labute approximate surface area is 87.7 Å². The molecule has 78 valence electrons. The molecule has 0 saturated heterocycles. The van der Waals surface area contributed by atoms with Gasteiger partial charge in [0.25, 0.3) is 0 Å². The van der Waals surface area contributed by atoms with E-state index < -0.39 is 5.54 Å². The Bertz CT molecular complexity index is 329. The second kappa shape index (κ2) is 4.13. The van der Waals surface area contributed by atoms with E-state index in [1.807, 2.05) is 0 Å². The molecule has 0 aliphatic carbocycles. The zero-order valence-electron chi connectivity index (χ0n) is 8.12. The number of aromatic nitrogens is 1. The summed E-state index contributed by atoms with van der Waals surface area (Å²) in [5, 5.41) is 9.43. The summed E-state index contributed by atoms with van der Waals surface area (Å²) in [6.45, 7) is 1.51. The lowest BCUT2D eigenvalue weighted by Gasteiger charge is -2.23. The topological polar surface area (TPSA) is 68.4 Å². The van der Waals surface area contributed by atoms with Gasteiger partial charge in [-0.2, -0.15) is 0 Å². The average molecular weight is 217 g/mol. The van der Waals surface area contributed by atoms with Crippen LogP contribution in [0.4, 0.5) is 0 Å². The highest BCUT2D eigenvalue weighted by Crippen LogP contribution is 2.27. The highest BCUT2D eigenvalue weighted by atomic mass is 35.5. The monoisotopic (exact) mass is 216 g/mol. The second-order valence-corrected chi connectivity index (χ2v) is 3.65. The SMILES string of the molecule is COc1nc(Cl)ccc1C(C)(N)CO. The van der Waals surface area contributed by atoms with Crippen LogP contribution in [0.2, 0.25) is 5.15 Å². The molecule has 0 aromatic carbocycles. The van der Waals surface area contributed by atoms with E-state index in [9.17, 15) is 0 Å². The normalized spacial score (nSPS) is 14.9. The number of aliphatic hydroxyl groups is 1. The molecular formula is C9H13ClN2O2. The maximum absolute atomic E-state index is 9.10. The van der Waals surface area contributed by atoms with Gasteiger partial charge in [-0.1, -0.05) is 11.6 Å². The fourth-order valence-corrected chi connectivity index (χ4v) is 1.23. The number of rotatable bonds is 3. The predicted octanol–water partition coefficient (Wildman–Crippen LogP) is 0.910. The summed E-state index contributed by atoms with van der Waals surface area (Å²) in [5.74, 6) is 0.344. The van der Waals surface area contributed by atoms with Gasteiger partial charge >= 0.3 is 0 Å². The summed E-state index contributed by atoms with van der Waals surface area (Å²) in [4.78, 5) is 3.96. The van der Waals surface area contributed by atoms with Gasteiger partial charge < -0.3 is 15.6 Å². The number of hydrogen-bond donors (Lipinski definition) is 2. The lowest BCUT2D eigenvalue weighted by Crippen LogP contribution is -2.37. The van der Waals surface area contributed by atoms with E-state index in [4.69, 9.17) is 27.2 Å². The van der Waals surface area contributed by atoms with Crippen LogP contribution in [0.3, 0.4) is 0 Å². The summed E-state index contributed by atoms with van der Waals surface area (Å²) < 4.78 is 5.03. The minimum atomic E-state index is -0.872. The van der Waals surface area contributed by atoms with E-state index in [-0.39, 0.29) is 6.61 Å². The van der Waals surface area contributed by atoms with Crippen molar-refractivity contribution in [2.24, 2.45) is 5.73 Å². The molecule has 0 fully saturated rings. The van der Waals surface area contributed by atoms with Crippen molar-refractivity contribution in [2.75, 3.05) is 13.7 Å². The van der Waals surface area contributed by atoms with Gasteiger partial charge in [0.2, 0.25) is 5.88 Å². The zero-order valence-corrected chi connectivity index (χ0v) is 8.88. The van der Waals surface area contributed by atoms with Crippen molar-refractivity contribution in [1.82, 2.24) is 4.98 Å². The molecule has 1 rings (SSSR count). The highest BCUT2D eigenvalue weighted by molar-refractivity contribution is 6.29. The number of halogens is 1. The number of aliphatic hydroxyl groups excluding tert-OH is 1. The Morgan fingerprint density at radius 1 is 1.64 bits per heavy atom. The Morgan fingerprint density at radius 3 is 2.79 bits per heavy atom. The minimum absolute atomic E-state index is 0.188. The van der Waals surface area contributed by atoms with Gasteiger partial charge in [0, 0.05) is 5.56 Å². The number of hydrogen-bond acceptors (Lipinski definition) is 4. The van der Waals surface area contributed by atoms with Crippen molar-refractivity contribution in [3.8, 4) is 5.88 Å². The molecule has 4 nitrogen and oxygen atoms in total. The van der Waals surface area contributed by atoms with Crippen molar-refractivity contribution in [3.63, 3.8) is 0 Å². The Kier molecular flexibility index (Phi) is 3.31. The number of nitrogens with two attached hydrogens (primary N) is 1. The van der Waals surface area contributed by atoms with Crippen LogP contribution in [0, 0.1) is 0 Å². The third-order valence-corrected chi connectivity index (χ3v) is 2.17. The molecule has 0 radical (unpaired) electrons. The third kappa shape index (κ3) is 2.15. The smallest absolute Gasteiger partial charge is 0.219 e. The fraction of sp³-hybridized carbons (Fsp3) is 0.444. The zero-order chi connectivity index (χ0) is 10.8. The minimum Gasteiger partial charge on any atom is -0.481 e. The fourth-order valence-electron chi connectivity index (χ4n) is 1.09. The van der Waals surface area contributed by atoms with Gasteiger partial charge in [0.15, 0.2) is 0 Å². The van der Waals surface area contributed by atoms with Crippen molar-refractivity contribution < 1.29 is 9.84 Å². The van der Waals surface area contributed by atoms with Gasteiger partial charge in [0.05, 0.1) is 19.3 Å². The van der Waals surface area contributed by atoms with Crippen LogP contribution in [0.1, 0.15) is 12.5 Å². The summed E-state index contributed by atoms with van der Waals surface area (Å²) in [6, 6.07) is 3.31.